The van der Waals surface area contributed by atoms with Crippen molar-refractivity contribution >= 4 is 35.3 Å². The van der Waals surface area contributed by atoms with Gasteiger partial charge in [-0.3, -0.25) is 9.69 Å². The van der Waals surface area contributed by atoms with Crippen molar-refractivity contribution in [2.24, 2.45) is 5.92 Å². The molecule has 2 bridgehead atoms. The molecule has 1 amide bonds. The molecule has 3 aliphatic rings. The quantitative estimate of drug-likeness (QED) is 0.0790. The molecule has 58 heavy (non-hydrogen) atoms. The maximum atomic E-state index is 13.4. The molecule has 4 heterocycles. The number of ether oxygens (including phenoxy) is 4. The van der Waals surface area contributed by atoms with Crippen molar-refractivity contribution in [1.82, 2.24) is 10.2 Å². The summed E-state index contributed by atoms with van der Waals surface area (Å²) in [5, 5.41) is 26.3. The van der Waals surface area contributed by atoms with Gasteiger partial charge in [-0.25, -0.2) is 4.79 Å². The van der Waals surface area contributed by atoms with Gasteiger partial charge in [-0.15, -0.1) is 0 Å². The third-order valence-electron chi connectivity index (χ3n) is 11.1. The van der Waals surface area contributed by atoms with E-state index in [-0.39, 0.29) is 29.2 Å². The maximum Gasteiger partial charge on any atom is 0.408 e. The lowest BCUT2D eigenvalue weighted by atomic mass is 9.77. The molecule has 4 aromatic carbocycles. The summed E-state index contributed by atoms with van der Waals surface area (Å²) in [6, 6.07) is 29.3. The molecule has 302 valence electrons. The lowest BCUT2D eigenvalue weighted by Gasteiger charge is -2.43. The molecule has 0 spiro atoms. The first-order valence-corrected chi connectivity index (χ1v) is 19.9. The summed E-state index contributed by atoms with van der Waals surface area (Å²) in [6.45, 7) is 3.01. The molecular weight excluding hydrogens is 781 g/mol. The number of carbonyl (C=O) groups excluding carboxylic acids is 1. The van der Waals surface area contributed by atoms with Crippen molar-refractivity contribution in [3.8, 4) is 17.2 Å². The smallest absolute Gasteiger partial charge is 0.408 e. The number of pyridine rings is 1. The van der Waals surface area contributed by atoms with Crippen LogP contribution in [0.3, 0.4) is 0 Å². The fourth-order valence-electron chi connectivity index (χ4n) is 8.17. The number of aromatic nitrogens is 1. The minimum Gasteiger partial charge on any atom is -0.619 e. The standard InChI is InChI=1S/C45H45Cl2N3O8/c1-55-39-15-14-31(22-40(39)56-2)35(23-36-37(46)24-50(54)25-38(36)47)42(44(51)52)32-11-6-8-28(20-32)27-57-34-13-7-12-33(21-34)43(30-9-4-3-5-10-30)48-45(53)58-41-26-49-18-16-29(41)17-19-49/h3-15,20-22,24-25,29,35,41-43H,16-19,23,26-27H2,1-2H3,(H,48,53)(H,51,52)/t35?,41-,42?,43-/m0/s1. The molecule has 1 aromatic heterocycles. The van der Waals surface area contributed by atoms with Crippen molar-refractivity contribution in [1.29, 1.82) is 0 Å². The predicted octanol–water partition coefficient (Wildman–Crippen LogP) is 8.33. The van der Waals surface area contributed by atoms with Crippen LogP contribution in [-0.2, 0) is 22.6 Å². The predicted molar refractivity (Wildman–Crippen MR) is 220 cm³/mol. The van der Waals surface area contributed by atoms with Crippen LogP contribution < -0.4 is 24.3 Å². The number of benzene rings is 4. The van der Waals surface area contributed by atoms with Crippen LogP contribution in [0.15, 0.2) is 109 Å². The lowest BCUT2D eigenvalue weighted by molar-refractivity contribution is -0.605. The first kappa shape index (κ1) is 40.7. The van der Waals surface area contributed by atoms with Gasteiger partial charge in [0.1, 0.15) is 28.5 Å². The fraction of sp³-hybridized carbons (Fsp3) is 0.311. The summed E-state index contributed by atoms with van der Waals surface area (Å²) in [4.78, 5) is 29.0. The number of hydrogen-bond acceptors (Lipinski definition) is 8. The Balaban J connectivity index is 1.13. The Hall–Kier alpha value is -5.49. The van der Waals surface area contributed by atoms with E-state index in [0.29, 0.717) is 44.6 Å². The van der Waals surface area contributed by atoms with E-state index in [4.69, 9.17) is 42.1 Å². The van der Waals surface area contributed by atoms with Gasteiger partial charge < -0.3 is 34.6 Å². The highest BCUT2D eigenvalue weighted by Crippen LogP contribution is 2.42. The molecule has 0 aliphatic carbocycles. The minimum atomic E-state index is -1.08. The van der Waals surface area contributed by atoms with Crippen molar-refractivity contribution in [2.45, 2.75) is 49.9 Å². The van der Waals surface area contributed by atoms with E-state index in [0.717, 1.165) is 49.2 Å². The second kappa shape index (κ2) is 18.4. The number of methoxy groups -OCH3 is 2. The zero-order valence-electron chi connectivity index (χ0n) is 32.2. The summed E-state index contributed by atoms with van der Waals surface area (Å²) in [5.41, 5.74) is 4.06. The van der Waals surface area contributed by atoms with Crippen LogP contribution in [0.2, 0.25) is 10.0 Å². The number of nitrogens with zero attached hydrogens (tertiary/aromatic N) is 2. The summed E-state index contributed by atoms with van der Waals surface area (Å²) in [6.07, 6.45) is 3.99. The van der Waals surface area contributed by atoms with Crippen LogP contribution in [0.4, 0.5) is 4.79 Å². The van der Waals surface area contributed by atoms with Crippen LogP contribution in [0.5, 0.6) is 17.2 Å². The Bertz CT molecular complexity index is 2210. The van der Waals surface area contributed by atoms with Gasteiger partial charge in [0, 0.05) is 18.0 Å². The monoisotopic (exact) mass is 825 g/mol. The Labute approximate surface area is 347 Å². The minimum absolute atomic E-state index is 0.0995. The number of fused-ring (bicyclic) bond motifs is 3. The van der Waals surface area contributed by atoms with E-state index < -0.39 is 29.9 Å². The van der Waals surface area contributed by atoms with E-state index in [2.05, 4.69) is 10.2 Å². The molecule has 3 aliphatic heterocycles. The average molecular weight is 827 g/mol. The number of carboxylic acids is 1. The molecule has 11 nitrogen and oxygen atoms in total. The fourth-order valence-corrected chi connectivity index (χ4v) is 8.77. The van der Waals surface area contributed by atoms with Crippen LogP contribution in [0.1, 0.15) is 64.1 Å². The van der Waals surface area contributed by atoms with Gasteiger partial charge in [0.05, 0.1) is 26.2 Å². The van der Waals surface area contributed by atoms with E-state index in [1.54, 1.807) is 30.3 Å². The van der Waals surface area contributed by atoms with E-state index in [1.807, 2.05) is 66.7 Å². The summed E-state index contributed by atoms with van der Waals surface area (Å²) in [7, 11) is 3.03. The van der Waals surface area contributed by atoms with Crippen molar-refractivity contribution in [3.05, 3.63) is 158 Å². The highest BCUT2D eigenvalue weighted by molar-refractivity contribution is 6.35. The Morgan fingerprint density at radius 1 is 0.845 bits per heavy atom. The number of amides is 1. The molecule has 3 fully saturated rings. The van der Waals surface area contributed by atoms with Crippen molar-refractivity contribution in [2.75, 3.05) is 33.9 Å². The number of carboxylic acid groups (broad SMARTS) is 1. The normalized spacial score (nSPS) is 18.7. The zero-order valence-corrected chi connectivity index (χ0v) is 33.7. The van der Waals surface area contributed by atoms with Gasteiger partial charge in [-0.1, -0.05) is 96.0 Å². The second-order valence-corrected chi connectivity index (χ2v) is 15.5. The van der Waals surface area contributed by atoms with Gasteiger partial charge in [-0.2, -0.15) is 4.73 Å². The van der Waals surface area contributed by atoms with Gasteiger partial charge >= 0.3 is 12.1 Å². The van der Waals surface area contributed by atoms with Crippen LogP contribution >= 0.6 is 23.2 Å². The van der Waals surface area contributed by atoms with Gasteiger partial charge in [0.2, 0.25) is 0 Å². The highest BCUT2D eigenvalue weighted by Gasteiger charge is 2.37. The number of piperidine rings is 3. The Morgan fingerprint density at radius 3 is 2.21 bits per heavy atom. The first-order valence-electron chi connectivity index (χ1n) is 19.2. The molecule has 5 aromatic rings. The third kappa shape index (κ3) is 9.44. The van der Waals surface area contributed by atoms with Gasteiger partial charge in [0.15, 0.2) is 23.9 Å². The van der Waals surface area contributed by atoms with Crippen LogP contribution in [-0.4, -0.2) is 62.0 Å². The van der Waals surface area contributed by atoms with Gasteiger partial charge in [-0.05, 0) is 90.4 Å². The second-order valence-electron chi connectivity index (χ2n) is 14.7. The molecular formula is C45H45Cl2N3O8. The summed E-state index contributed by atoms with van der Waals surface area (Å²) < 4.78 is 23.8. The highest BCUT2D eigenvalue weighted by atomic mass is 35.5. The molecule has 13 heteroatoms. The number of hydrogen-bond donors (Lipinski definition) is 2. The van der Waals surface area contributed by atoms with Gasteiger partial charge in [0.25, 0.3) is 0 Å². The van der Waals surface area contributed by atoms with E-state index in [1.165, 1.54) is 26.6 Å². The number of rotatable bonds is 15. The molecule has 3 saturated heterocycles. The molecule has 0 saturated carbocycles. The lowest BCUT2D eigenvalue weighted by Crippen LogP contribution is -2.52. The zero-order chi connectivity index (χ0) is 40.8. The largest absolute Gasteiger partial charge is 0.619 e. The van der Waals surface area contributed by atoms with Crippen LogP contribution in [0, 0.1) is 11.1 Å². The summed E-state index contributed by atoms with van der Waals surface area (Å²) >= 11 is 13.1. The first-order chi connectivity index (χ1) is 28.1. The molecule has 4 atom stereocenters. The Kier molecular flexibility index (Phi) is 12.9. The number of aliphatic carboxylic acids is 1. The topological polar surface area (TPSA) is 134 Å². The average Bonchev–Trinajstić information content (AvgIpc) is 3.23. The van der Waals surface area contributed by atoms with E-state index in [9.17, 15) is 19.9 Å². The van der Waals surface area contributed by atoms with Crippen molar-refractivity contribution in [3.63, 3.8) is 0 Å². The molecule has 2 N–H and O–H groups in total. The molecule has 0 radical (unpaired) electrons. The molecule has 8 rings (SSSR count). The number of carbonyl (C=O) groups is 2. The number of nitrogens with one attached hydrogen (secondary N) is 1. The van der Waals surface area contributed by atoms with E-state index >= 15 is 0 Å². The maximum absolute atomic E-state index is 13.4. The Morgan fingerprint density at radius 2 is 1.53 bits per heavy atom. The number of halogens is 2. The van der Waals surface area contributed by atoms with Crippen molar-refractivity contribution < 1.29 is 38.4 Å². The SMILES string of the molecule is COc1ccc(C(Cc2c(Cl)c[n+]([O-])cc2Cl)C(C(=O)O)c2cccc(COc3cccc([C@@H](NC(=O)O[C@H]4CN5CCC4CC5)c4ccccc4)c3)c2)cc1OC. The molecule has 2 unspecified atom stereocenters. The van der Waals surface area contributed by atoms with Crippen LogP contribution in [0.25, 0.3) is 0 Å². The third-order valence-corrected chi connectivity index (χ3v) is 11.8. The summed E-state index contributed by atoms with van der Waals surface area (Å²) in [5.74, 6) is -0.987. The number of alkyl carbamates (subject to hydrolysis) is 1.